The highest BCUT2D eigenvalue weighted by molar-refractivity contribution is 6.30. The zero-order chi connectivity index (χ0) is 22.0. The van der Waals surface area contributed by atoms with Gasteiger partial charge >= 0.3 is 5.97 Å². The van der Waals surface area contributed by atoms with E-state index < -0.39 is 11.9 Å². The Morgan fingerprint density at radius 3 is 2.63 bits per heavy atom. The second-order valence-corrected chi connectivity index (χ2v) is 7.38. The van der Waals surface area contributed by atoms with Crippen molar-refractivity contribution >= 4 is 28.5 Å². The van der Waals surface area contributed by atoms with E-state index in [9.17, 15) is 10.1 Å². The summed E-state index contributed by atoms with van der Waals surface area (Å²) in [7, 11) is 1.51. The Bertz CT molecular complexity index is 1130. The number of ether oxygens (including phenoxy) is 3. The Hall–Kier alpha value is -3.08. The number of aryl methyl sites for hydroxylation is 2. The summed E-state index contributed by atoms with van der Waals surface area (Å²) in [6, 6.07) is 7.81. The first-order chi connectivity index (χ1) is 14.3. The van der Waals surface area contributed by atoms with Gasteiger partial charge in [0, 0.05) is 18.1 Å². The molecule has 0 radical (unpaired) electrons. The highest BCUT2D eigenvalue weighted by Gasteiger charge is 2.38. The standard InChI is InChI=1S/C22H22ClN3O4/c1-11-7-14-9-15(20(23)26-17(14)8-12(11)2)19-16(10-24)21(25)30-13(3)18(19)22(27)29-6-5-28-4/h7-9,19H,5-6,25H2,1-4H3/t19-/m1/s1. The normalized spacial score (nSPS) is 16.5. The van der Waals surface area contributed by atoms with Crippen LogP contribution in [0.3, 0.4) is 0 Å². The summed E-state index contributed by atoms with van der Waals surface area (Å²) in [5, 5.41) is 10.8. The number of nitrogens with two attached hydrogens (primary N) is 1. The van der Waals surface area contributed by atoms with Crippen LogP contribution in [0.4, 0.5) is 0 Å². The summed E-state index contributed by atoms with van der Waals surface area (Å²) in [5.74, 6) is -1.32. The Labute approximate surface area is 179 Å². The second kappa shape index (κ2) is 8.74. The van der Waals surface area contributed by atoms with Crippen LogP contribution >= 0.6 is 11.6 Å². The molecule has 1 aliphatic heterocycles. The number of allylic oxidation sites excluding steroid dienone is 2. The van der Waals surface area contributed by atoms with Crippen LogP contribution in [-0.2, 0) is 19.0 Å². The number of aromatic nitrogens is 1. The molecule has 1 atom stereocenters. The lowest BCUT2D eigenvalue weighted by molar-refractivity contribution is -0.140. The molecule has 0 aliphatic carbocycles. The van der Waals surface area contributed by atoms with Crippen molar-refractivity contribution in [2.24, 2.45) is 5.73 Å². The van der Waals surface area contributed by atoms with E-state index in [1.165, 1.54) is 7.11 Å². The van der Waals surface area contributed by atoms with Gasteiger partial charge in [0.1, 0.15) is 29.2 Å². The van der Waals surface area contributed by atoms with Gasteiger partial charge in [0.05, 0.1) is 23.6 Å². The molecule has 0 saturated heterocycles. The fourth-order valence-electron chi connectivity index (χ4n) is 3.39. The maximum Gasteiger partial charge on any atom is 0.338 e. The lowest BCUT2D eigenvalue weighted by Gasteiger charge is -2.27. The topological polar surface area (TPSA) is 107 Å². The molecule has 1 aliphatic rings. The zero-order valence-electron chi connectivity index (χ0n) is 17.2. The van der Waals surface area contributed by atoms with Crippen LogP contribution in [0.1, 0.15) is 29.5 Å². The quantitative estimate of drug-likeness (QED) is 0.439. The Morgan fingerprint density at radius 2 is 1.97 bits per heavy atom. The van der Waals surface area contributed by atoms with E-state index in [4.69, 9.17) is 31.5 Å². The van der Waals surface area contributed by atoms with Gasteiger partial charge in [-0.25, -0.2) is 9.78 Å². The molecule has 8 heteroatoms. The van der Waals surface area contributed by atoms with Crippen LogP contribution in [0.25, 0.3) is 10.9 Å². The third-order valence-electron chi connectivity index (χ3n) is 5.07. The fraction of sp³-hybridized carbons (Fsp3) is 0.318. The van der Waals surface area contributed by atoms with Crippen molar-refractivity contribution in [2.75, 3.05) is 20.3 Å². The van der Waals surface area contributed by atoms with Gasteiger partial charge in [-0.05, 0) is 50.1 Å². The summed E-state index contributed by atoms with van der Waals surface area (Å²) in [5.41, 5.74) is 9.57. The van der Waals surface area contributed by atoms with Crippen LogP contribution in [0.2, 0.25) is 5.15 Å². The molecule has 1 aromatic heterocycles. The first-order valence-electron chi connectivity index (χ1n) is 9.30. The van der Waals surface area contributed by atoms with Crippen molar-refractivity contribution in [3.05, 3.63) is 62.8 Å². The number of nitrogens with zero attached hydrogens (tertiary/aromatic N) is 2. The monoisotopic (exact) mass is 427 g/mol. The number of carbonyl (C=O) groups excluding carboxylic acids is 1. The van der Waals surface area contributed by atoms with E-state index in [-0.39, 0.29) is 41.2 Å². The van der Waals surface area contributed by atoms with Gasteiger partial charge in [0.25, 0.3) is 0 Å². The molecule has 156 valence electrons. The molecule has 0 saturated carbocycles. The maximum atomic E-state index is 12.9. The maximum absolute atomic E-state index is 12.9. The molecular weight excluding hydrogens is 406 g/mol. The van der Waals surface area contributed by atoms with E-state index in [0.29, 0.717) is 5.56 Å². The van der Waals surface area contributed by atoms with Crippen molar-refractivity contribution in [3.8, 4) is 6.07 Å². The van der Waals surface area contributed by atoms with Crippen LogP contribution in [-0.4, -0.2) is 31.3 Å². The lowest BCUT2D eigenvalue weighted by atomic mass is 9.83. The minimum absolute atomic E-state index is 0.0576. The van der Waals surface area contributed by atoms with E-state index in [1.807, 2.05) is 38.1 Å². The molecule has 0 amide bonds. The largest absolute Gasteiger partial charge is 0.460 e. The van der Waals surface area contributed by atoms with Gasteiger partial charge in [-0.1, -0.05) is 11.6 Å². The number of nitriles is 1. The van der Waals surface area contributed by atoms with Crippen LogP contribution in [0.5, 0.6) is 0 Å². The number of fused-ring (bicyclic) bond motifs is 1. The highest BCUT2D eigenvalue weighted by atomic mass is 35.5. The summed E-state index contributed by atoms with van der Waals surface area (Å²) in [4.78, 5) is 17.4. The minimum atomic E-state index is -0.857. The molecule has 2 N–H and O–H groups in total. The molecular formula is C22H22ClN3O4. The Balaban J connectivity index is 2.18. The van der Waals surface area contributed by atoms with E-state index in [1.54, 1.807) is 6.92 Å². The molecule has 7 nitrogen and oxygen atoms in total. The first-order valence-corrected chi connectivity index (χ1v) is 9.68. The second-order valence-electron chi connectivity index (χ2n) is 7.02. The van der Waals surface area contributed by atoms with Crippen molar-refractivity contribution < 1.29 is 19.0 Å². The molecule has 3 rings (SSSR count). The SMILES string of the molecule is COCCOC(=O)C1=C(C)OC(N)=C(C#N)[C@H]1c1cc2cc(C)c(C)cc2nc1Cl. The van der Waals surface area contributed by atoms with Crippen molar-refractivity contribution in [1.82, 2.24) is 4.98 Å². The average molecular weight is 428 g/mol. The molecule has 1 aromatic carbocycles. The Morgan fingerprint density at radius 1 is 1.27 bits per heavy atom. The summed E-state index contributed by atoms with van der Waals surface area (Å²) in [6.07, 6.45) is 0. The minimum Gasteiger partial charge on any atom is -0.460 e. The number of benzene rings is 1. The molecule has 30 heavy (non-hydrogen) atoms. The number of hydrogen-bond donors (Lipinski definition) is 1. The zero-order valence-corrected chi connectivity index (χ0v) is 18.0. The first kappa shape index (κ1) is 21.6. The Kier molecular flexibility index (Phi) is 6.30. The number of esters is 1. The number of halogens is 1. The van der Waals surface area contributed by atoms with Gasteiger partial charge in [-0.2, -0.15) is 5.26 Å². The number of methoxy groups -OCH3 is 1. The van der Waals surface area contributed by atoms with Crippen LogP contribution in [0.15, 0.2) is 41.0 Å². The molecule has 0 fully saturated rings. The van der Waals surface area contributed by atoms with Crippen molar-refractivity contribution in [2.45, 2.75) is 26.7 Å². The number of pyridine rings is 1. The van der Waals surface area contributed by atoms with Crippen molar-refractivity contribution in [1.29, 1.82) is 5.26 Å². The van der Waals surface area contributed by atoms with E-state index in [2.05, 4.69) is 4.98 Å². The van der Waals surface area contributed by atoms with Crippen LogP contribution < -0.4 is 5.73 Å². The van der Waals surface area contributed by atoms with Crippen molar-refractivity contribution in [3.63, 3.8) is 0 Å². The summed E-state index contributed by atoms with van der Waals surface area (Å²) in [6.45, 7) is 5.88. The van der Waals surface area contributed by atoms with E-state index in [0.717, 1.165) is 22.0 Å². The van der Waals surface area contributed by atoms with Crippen LogP contribution in [0, 0.1) is 25.2 Å². The number of hydrogen-bond acceptors (Lipinski definition) is 7. The summed E-state index contributed by atoms with van der Waals surface area (Å²) >= 11 is 6.52. The molecule has 2 heterocycles. The van der Waals surface area contributed by atoms with Gasteiger partial charge in [0.15, 0.2) is 0 Å². The van der Waals surface area contributed by atoms with E-state index >= 15 is 0 Å². The van der Waals surface area contributed by atoms with Gasteiger partial charge < -0.3 is 19.9 Å². The molecule has 0 spiro atoms. The predicted molar refractivity (Wildman–Crippen MR) is 112 cm³/mol. The average Bonchev–Trinajstić information content (AvgIpc) is 2.68. The fourth-order valence-corrected chi connectivity index (χ4v) is 3.64. The van der Waals surface area contributed by atoms with Gasteiger partial charge in [0.2, 0.25) is 5.88 Å². The van der Waals surface area contributed by atoms with Gasteiger partial charge in [-0.15, -0.1) is 0 Å². The third-order valence-corrected chi connectivity index (χ3v) is 5.37. The predicted octanol–water partition coefficient (Wildman–Crippen LogP) is 3.78. The number of rotatable bonds is 5. The highest BCUT2D eigenvalue weighted by Crippen LogP contribution is 2.42. The third kappa shape index (κ3) is 3.97. The molecule has 2 aromatic rings. The molecule has 0 bridgehead atoms. The van der Waals surface area contributed by atoms with Gasteiger partial charge in [-0.3, -0.25) is 0 Å². The summed E-state index contributed by atoms with van der Waals surface area (Å²) < 4.78 is 15.7. The molecule has 0 unspecified atom stereocenters. The number of carbonyl (C=O) groups is 1. The lowest BCUT2D eigenvalue weighted by Crippen LogP contribution is -2.26. The smallest absolute Gasteiger partial charge is 0.338 e.